The van der Waals surface area contributed by atoms with Crippen LogP contribution in [0, 0.1) is 0 Å². The molecule has 0 spiro atoms. The smallest absolute Gasteiger partial charge is 0.336 e. The third-order valence-electron chi connectivity index (χ3n) is 6.21. The first-order valence-electron chi connectivity index (χ1n) is 11.2. The van der Waals surface area contributed by atoms with Gasteiger partial charge in [0.1, 0.15) is 0 Å². The third kappa shape index (κ3) is 4.47. The molecular formula is C27H30N2O3. The fourth-order valence-electron chi connectivity index (χ4n) is 4.54. The second-order valence-corrected chi connectivity index (χ2v) is 8.62. The fourth-order valence-corrected chi connectivity index (χ4v) is 4.54. The molecule has 2 aromatic rings. The molecule has 0 unspecified atom stereocenters. The van der Waals surface area contributed by atoms with E-state index in [9.17, 15) is 9.59 Å². The summed E-state index contributed by atoms with van der Waals surface area (Å²) in [5.41, 5.74) is 6.09. The van der Waals surface area contributed by atoms with Crippen LogP contribution in [0.4, 0.5) is 5.69 Å². The number of hydrogen-bond acceptors (Lipinski definition) is 5. The zero-order valence-corrected chi connectivity index (χ0v) is 19.0. The summed E-state index contributed by atoms with van der Waals surface area (Å²) in [4.78, 5) is 28.3. The van der Waals surface area contributed by atoms with Crippen molar-refractivity contribution >= 4 is 17.4 Å². The summed E-state index contributed by atoms with van der Waals surface area (Å²) in [6.07, 6.45) is 2.83. The minimum atomic E-state index is -0.403. The van der Waals surface area contributed by atoms with Gasteiger partial charge in [0.25, 0.3) is 0 Å². The SMILES string of the molecule is CC1=C(C(=O)OCCc2ccccc2)[C@@H](c2ccc(N(C)C)cc2)C2=C(CCCC2=O)N1. The van der Waals surface area contributed by atoms with Gasteiger partial charge in [0.2, 0.25) is 0 Å². The lowest BCUT2D eigenvalue weighted by molar-refractivity contribution is -0.139. The largest absolute Gasteiger partial charge is 0.462 e. The number of dihydropyridines is 1. The van der Waals surface area contributed by atoms with E-state index in [2.05, 4.69) is 5.32 Å². The molecule has 0 saturated carbocycles. The van der Waals surface area contributed by atoms with Gasteiger partial charge in [0.15, 0.2) is 5.78 Å². The minimum Gasteiger partial charge on any atom is -0.462 e. The highest BCUT2D eigenvalue weighted by atomic mass is 16.5. The first-order chi connectivity index (χ1) is 15.5. The van der Waals surface area contributed by atoms with Crippen LogP contribution in [0.5, 0.6) is 0 Å². The molecule has 2 aromatic carbocycles. The van der Waals surface area contributed by atoms with Crippen LogP contribution >= 0.6 is 0 Å². The predicted octanol–water partition coefficient (Wildman–Crippen LogP) is 4.51. The van der Waals surface area contributed by atoms with Crippen LogP contribution < -0.4 is 10.2 Å². The van der Waals surface area contributed by atoms with Crippen molar-refractivity contribution in [2.45, 2.75) is 38.5 Å². The summed E-state index contributed by atoms with van der Waals surface area (Å²) in [6, 6.07) is 18.1. The van der Waals surface area contributed by atoms with E-state index in [1.165, 1.54) is 0 Å². The number of allylic oxidation sites excluding steroid dienone is 3. The molecule has 0 bridgehead atoms. The van der Waals surface area contributed by atoms with E-state index in [1.54, 1.807) is 0 Å². The Kier molecular flexibility index (Phi) is 6.45. The molecule has 5 heteroatoms. The number of anilines is 1. The van der Waals surface area contributed by atoms with Crippen molar-refractivity contribution in [2.24, 2.45) is 0 Å². The molecule has 2 aliphatic rings. The van der Waals surface area contributed by atoms with Crippen molar-refractivity contribution < 1.29 is 14.3 Å². The molecule has 0 aromatic heterocycles. The average molecular weight is 431 g/mol. The molecule has 0 radical (unpaired) electrons. The lowest BCUT2D eigenvalue weighted by atomic mass is 9.75. The van der Waals surface area contributed by atoms with Gasteiger partial charge < -0.3 is 15.0 Å². The highest BCUT2D eigenvalue weighted by molar-refractivity contribution is 6.03. The average Bonchev–Trinajstić information content (AvgIpc) is 2.79. The maximum absolute atomic E-state index is 13.3. The molecule has 1 atom stereocenters. The van der Waals surface area contributed by atoms with Crippen LogP contribution in [-0.2, 0) is 20.7 Å². The number of Topliss-reactive ketones (excluding diaryl/α,β-unsaturated/α-hetero) is 1. The number of benzene rings is 2. The molecular weight excluding hydrogens is 400 g/mol. The fraction of sp³-hybridized carbons (Fsp3) is 0.333. The van der Waals surface area contributed by atoms with E-state index in [4.69, 9.17) is 4.74 Å². The summed E-state index contributed by atoms with van der Waals surface area (Å²) in [5.74, 6) is -0.653. The van der Waals surface area contributed by atoms with Crippen LogP contribution in [0.1, 0.15) is 43.2 Å². The van der Waals surface area contributed by atoms with Gasteiger partial charge in [-0.05, 0) is 43.0 Å². The second kappa shape index (κ2) is 9.43. The van der Waals surface area contributed by atoms with E-state index in [1.807, 2.05) is 80.5 Å². The van der Waals surface area contributed by atoms with Crippen LogP contribution in [-0.4, -0.2) is 32.5 Å². The number of ether oxygens (including phenoxy) is 1. The number of carbonyl (C=O) groups excluding carboxylic acids is 2. The number of rotatable bonds is 6. The lowest BCUT2D eigenvalue weighted by Gasteiger charge is -2.34. The van der Waals surface area contributed by atoms with Crippen molar-refractivity contribution in [3.63, 3.8) is 0 Å². The Morgan fingerprint density at radius 3 is 2.47 bits per heavy atom. The Morgan fingerprint density at radius 2 is 1.78 bits per heavy atom. The summed E-state index contributed by atoms with van der Waals surface area (Å²) in [5, 5.41) is 3.35. The predicted molar refractivity (Wildman–Crippen MR) is 126 cm³/mol. The van der Waals surface area contributed by atoms with Gasteiger partial charge in [-0.15, -0.1) is 0 Å². The van der Waals surface area contributed by atoms with Gasteiger partial charge in [0.05, 0.1) is 12.2 Å². The quantitative estimate of drug-likeness (QED) is 0.684. The first kappa shape index (κ1) is 21.9. The van der Waals surface area contributed by atoms with Crippen molar-refractivity contribution in [1.82, 2.24) is 5.32 Å². The van der Waals surface area contributed by atoms with Gasteiger partial charge in [-0.3, -0.25) is 4.79 Å². The molecule has 32 heavy (non-hydrogen) atoms. The Hall–Kier alpha value is -3.34. The lowest BCUT2D eigenvalue weighted by Crippen LogP contribution is -2.34. The molecule has 1 N–H and O–H groups in total. The molecule has 1 heterocycles. The summed E-state index contributed by atoms with van der Waals surface area (Å²) in [7, 11) is 3.98. The van der Waals surface area contributed by atoms with E-state index < -0.39 is 5.92 Å². The highest BCUT2D eigenvalue weighted by Gasteiger charge is 2.39. The van der Waals surface area contributed by atoms with E-state index in [-0.39, 0.29) is 11.8 Å². The summed E-state index contributed by atoms with van der Waals surface area (Å²) < 4.78 is 5.71. The maximum Gasteiger partial charge on any atom is 0.336 e. The molecule has 0 amide bonds. The molecule has 1 aliphatic heterocycles. The van der Waals surface area contributed by atoms with Gasteiger partial charge in [-0.1, -0.05) is 42.5 Å². The molecule has 166 valence electrons. The summed E-state index contributed by atoms with van der Waals surface area (Å²) in [6.45, 7) is 2.20. The monoisotopic (exact) mass is 430 g/mol. The van der Waals surface area contributed by atoms with E-state index >= 15 is 0 Å². The Bertz CT molecular complexity index is 1070. The van der Waals surface area contributed by atoms with Crippen molar-refractivity contribution in [1.29, 1.82) is 0 Å². The van der Waals surface area contributed by atoms with Crippen molar-refractivity contribution in [3.05, 3.63) is 88.3 Å². The van der Waals surface area contributed by atoms with Crippen LogP contribution in [0.2, 0.25) is 0 Å². The molecule has 4 rings (SSSR count). The normalized spacial score (nSPS) is 18.2. The number of hydrogen-bond donors (Lipinski definition) is 1. The second-order valence-electron chi connectivity index (χ2n) is 8.62. The standard InChI is InChI=1S/C27H30N2O3/c1-18-24(27(31)32-17-16-19-8-5-4-6-9-19)25(20-12-14-21(15-13-20)29(2)3)26-22(28-18)10-7-11-23(26)30/h4-6,8-9,12-15,25,28H,7,10-11,16-17H2,1-3H3/t25-/m1/s1. The van der Waals surface area contributed by atoms with Gasteiger partial charge in [-0.25, -0.2) is 4.79 Å². The Morgan fingerprint density at radius 1 is 1.06 bits per heavy atom. The molecule has 0 saturated heterocycles. The van der Waals surface area contributed by atoms with Crippen LogP contribution in [0.25, 0.3) is 0 Å². The van der Waals surface area contributed by atoms with Crippen molar-refractivity contribution in [2.75, 3.05) is 25.6 Å². The third-order valence-corrected chi connectivity index (χ3v) is 6.21. The Balaban J connectivity index is 1.64. The number of ketones is 1. The maximum atomic E-state index is 13.3. The number of carbonyl (C=O) groups is 2. The van der Waals surface area contributed by atoms with Crippen molar-refractivity contribution in [3.8, 4) is 0 Å². The summed E-state index contributed by atoms with van der Waals surface area (Å²) >= 11 is 0. The first-order valence-corrected chi connectivity index (χ1v) is 11.2. The molecule has 5 nitrogen and oxygen atoms in total. The van der Waals surface area contributed by atoms with Gasteiger partial charge in [-0.2, -0.15) is 0 Å². The number of nitrogens with zero attached hydrogens (tertiary/aromatic N) is 1. The molecule has 0 fully saturated rings. The number of nitrogens with one attached hydrogen (secondary N) is 1. The number of esters is 1. The zero-order chi connectivity index (χ0) is 22.7. The minimum absolute atomic E-state index is 0.113. The van der Waals surface area contributed by atoms with Crippen LogP contribution in [0.15, 0.2) is 77.1 Å². The van der Waals surface area contributed by atoms with E-state index in [0.29, 0.717) is 25.0 Å². The Labute approximate surface area is 189 Å². The topological polar surface area (TPSA) is 58.6 Å². The van der Waals surface area contributed by atoms with Gasteiger partial charge >= 0.3 is 5.97 Å². The van der Waals surface area contributed by atoms with Gasteiger partial charge in [0, 0.05) is 55.5 Å². The molecule has 1 aliphatic carbocycles. The zero-order valence-electron chi connectivity index (χ0n) is 19.0. The van der Waals surface area contributed by atoms with Crippen LogP contribution in [0.3, 0.4) is 0 Å². The van der Waals surface area contributed by atoms with E-state index in [0.717, 1.165) is 46.6 Å². The highest BCUT2D eigenvalue weighted by Crippen LogP contribution is 2.42.